The Hall–Kier alpha value is -4.02. The molecule has 0 saturated carbocycles. The molecule has 1 fully saturated rings. The van der Waals surface area contributed by atoms with Crippen molar-refractivity contribution in [1.29, 1.82) is 0 Å². The van der Waals surface area contributed by atoms with Crippen LogP contribution >= 0.6 is 0 Å². The van der Waals surface area contributed by atoms with Gasteiger partial charge in [-0.15, -0.1) is 33.5 Å². The first kappa shape index (κ1) is 52.0. The van der Waals surface area contributed by atoms with Crippen molar-refractivity contribution in [3.63, 3.8) is 0 Å². The number of methoxy groups -OCH3 is 1. The summed E-state index contributed by atoms with van der Waals surface area (Å²) >= 11 is 0. The van der Waals surface area contributed by atoms with Crippen molar-refractivity contribution in [3.8, 4) is 0 Å². The van der Waals surface area contributed by atoms with Gasteiger partial charge in [-0.05, 0) is 95.5 Å². The van der Waals surface area contributed by atoms with Crippen molar-refractivity contribution in [2.24, 2.45) is 35.5 Å². The number of carbonyl (C=O) groups excluding carboxylic acids is 3. The van der Waals surface area contributed by atoms with Gasteiger partial charge in [0.25, 0.3) is 0 Å². The van der Waals surface area contributed by atoms with Crippen molar-refractivity contribution in [2.75, 3.05) is 13.7 Å². The van der Waals surface area contributed by atoms with Crippen molar-refractivity contribution in [1.82, 2.24) is 15.0 Å². The van der Waals surface area contributed by atoms with E-state index in [1.807, 2.05) is 25.2 Å². The van der Waals surface area contributed by atoms with Crippen LogP contribution in [0, 0.1) is 56.3 Å². The summed E-state index contributed by atoms with van der Waals surface area (Å²) in [5.74, 6) is -0.610. The molecule has 0 unspecified atom stereocenters. The molecule has 3 aliphatic rings. The third-order valence-electron chi connectivity index (χ3n) is 14.5. The second kappa shape index (κ2) is 23.1. The molecule has 1 aliphatic carbocycles. The van der Waals surface area contributed by atoms with Gasteiger partial charge in [-0.2, -0.15) is 11.4 Å². The van der Waals surface area contributed by atoms with Gasteiger partial charge in [-0.1, -0.05) is 151 Å². The summed E-state index contributed by atoms with van der Waals surface area (Å²) in [5, 5.41) is 6.93. The number of ketones is 1. The number of ether oxygens (including phenoxy) is 2. The van der Waals surface area contributed by atoms with Crippen LogP contribution in [0.2, 0.25) is 0 Å². The van der Waals surface area contributed by atoms with Crippen molar-refractivity contribution in [3.05, 3.63) is 95.2 Å². The normalized spacial score (nSPS) is 21.7. The maximum atomic E-state index is 14.4. The Morgan fingerprint density at radius 3 is 2.05 bits per heavy atom. The van der Waals surface area contributed by atoms with E-state index in [0.29, 0.717) is 40.2 Å². The number of esters is 2. The SMILES string of the molecule is CCc1c2[n-]c(c1C)/C=C1\[N-]/C(=C3\c4[n-]c(c(C)c4C(=O)[C@@H]3C(=O)OC)/C=c3\[n-]/c(c(C)c3CC)=C\2)[C@@H](CCC(=O)OC/C=C(/C)CCC[C@H](C)CCC[C@H](C)CCCC(C)C)[C@@H]1C.[Mg+2]. The minimum absolute atomic E-state index is 0. The van der Waals surface area contributed by atoms with Crippen LogP contribution in [0.25, 0.3) is 29.1 Å². The molecule has 5 atom stereocenters. The zero-order valence-corrected chi connectivity index (χ0v) is 43.1. The zero-order chi connectivity index (χ0) is 46.4. The van der Waals surface area contributed by atoms with E-state index in [4.69, 9.17) is 29.7 Å². The molecule has 8 bridgehead atoms. The van der Waals surface area contributed by atoms with Crippen LogP contribution in [0.5, 0.6) is 0 Å². The van der Waals surface area contributed by atoms with Gasteiger partial charge >= 0.3 is 35.0 Å². The number of hydrogen-bond acceptors (Lipinski definition) is 5. The van der Waals surface area contributed by atoms with Crippen molar-refractivity contribution in [2.45, 2.75) is 160 Å². The van der Waals surface area contributed by atoms with Gasteiger partial charge in [-0.25, -0.2) is 0 Å². The van der Waals surface area contributed by atoms with Crippen LogP contribution in [-0.4, -0.2) is 54.5 Å². The van der Waals surface area contributed by atoms with E-state index >= 15 is 0 Å². The van der Waals surface area contributed by atoms with Gasteiger partial charge in [0, 0.05) is 12.0 Å². The Kier molecular flexibility index (Phi) is 18.5. The summed E-state index contributed by atoms with van der Waals surface area (Å²) in [6, 6.07) is 0. The van der Waals surface area contributed by atoms with Crippen molar-refractivity contribution < 1.29 is 23.9 Å². The first-order valence-corrected chi connectivity index (χ1v) is 24.4. The topological polar surface area (TPSA) is 126 Å². The predicted octanol–water partition coefficient (Wildman–Crippen LogP) is 10.3. The largest absolute Gasteiger partial charge is 2.00 e. The molecule has 1 saturated heterocycles. The molecule has 0 aromatic carbocycles. The predicted molar refractivity (Wildman–Crippen MR) is 264 cm³/mol. The molecule has 5 heterocycles. The Morgan fingerprint density at radius 1 is 0.769 bits per heavy atom. The third kappa shape index (κ3) is 11.8. The van der Waals surface area contributed by atoms with E-state index in [-0.39, 0.29) is 59.7 Å². The Bertz CT molecular complexity index is 2420. The van der Waals surface area contributed by atoms with E-state index in [1.165, 1.54) is 57.6 Å². The summed E-state index contributed by atoms with van der Waals surface area (Å²) in [6.07, 6.45) is 21.6. The van der Waals surface area contributed by atoms with Gasteiger partial charge in [0.15, 0.2) is 5.78 Å². The summed E-state index contributed by atoms with van der Waals surface area (Å²) in [5.41, 5.74) is 11.4. The Balaban J connectivity index is 0.00000793. The second-order valence-corrected chi connectivity index (χ2v) is 19.6. The number of fused-ring (bicyclic) bond motifs is 7. The summed E-state index contributed by atoms with van der Waals surface area (Å²) < 4.78 is 11.1. The Labute approximate surface area is 405 Å². The fourth-order valence-electron chi connectivity index (χ4n) is 10.3. The van der Waals surface area contributed by atoms with Crippen LogP contribution in [0.4, 0.5) is 0 Å². The Morgan fingerprint density at radius 2 is 1.40 bits per heavy atom. The van der Waals surface area contributed by atoms with Gasteiger partial charge in [0.2, 0.25) is 0 Å². The van der Waals surface area contributed by atoms with Crippen LogP contribution in [-0.2, 0) is 31.9 Å². The molecule has 10 heteroatoms. The quantitative estimate of drug-likeness (QED) is 0.0475. The van der Waals surface area contributed by atoms with Gasteiger partial charge in [0.1, 0.15) is 12.5 Å². The number of nitrogens with zero attached hydrogens (tertiary/aromatic N) is 4. The summed E-state index contributed by atoms with van der Waals surface area (Å²) in [6.45, 7) is 24.2. The minimum atomic E-state index is -1.21. The van der Waals surface area contributed by atoms with E-state index in [9.17, 15) is 14.4 Å². The molecule has 0 spiro atoms. The summed E-state index contributed by atoms with van der Waals surface area (Å²) in [4.78, 5) is 56.8. The number of rotatable bonds is 20. The van der Waals surface area contributed by atoms with Crippen LogP contribution in [0.1, 0.15) is 187 Å². The van der Waals surface area contributed by atoms with Crippen LogP contribution in [0.3, 0.4) is 0 Å². The number of aromatic nitrogens is 3. The molecule has 0 amide bonds. The maximum Gasteiger partial charge on any atom is 2.00 e. The first-order valence-electron chi connectivity index (χ1n) is 24.4. The molecule has 0 radical (unpaired) electrons. The average molecular weight is 896 g/mol. The molecule has 0 N–H and O–H groups in total. The zero-order valence-electron chi connectivity index (χ0n) is 41.7. The van der Waals surface area contributed by atoms with Gasteiger partial charge in [-0.3, -0.25) is 14.4 Å². The van der Waals surface area contributed by atoms with E-state index in [1.54, 1.807) is 0 Å². The molecule has 65 heavy (non-hydrogen) atoms. The maximum absolute atomic E-state index is 14.4. The van der Waals surface area contributed by atoms with Gasteiger partial charge in [0.05, 0.1) is 7.11 Å². The number of allylic oxidation sites excluding steroid dienone is 3. The molecule has 6 rings (SSSR count). The fraction of sp³-hybridized carbons (Fsp3) is 0.582. The molecular formula is C55H74MgN4O5-2. The standard InChI is InChI=1S/C55H75N4O5.Mg/c1-13-39-35(8)42-28-44-37(10)41(24-25-48(60)64-27-26-34(7)23-17-22-33(6)21-16-20-32(5)19-15-18-31(3)4)52(58-44)50-51(55(62)63-12)54(61)49-38(11)45(59-53(49)50)30-47-40(14-2)36(9)43(57-47)29-46(39)56-42;/h26,28-33,37,41,51H,13-25,27H2,1-12H3,(H-,58,59,61);/q-3;+2/p-1/b34-26-,43-29-,44-28-,47-30-;/t32-,33-,37+,41+,51-;/m1./s1. The monoisotopic (exact) mass is 895 g/mol. The van der Waals surface area contributed by atoms with Gasteiger partial charge < -0.3 is 29.7 Å². The van der Waals surface area contributed by atoms with Crippen LogP contribution in [0.15, 0.2) is 23.0 Å². The molecular weight excluding hydrogens is 821 g/mol. The minimum Gasteiger partial charge on any atom is -0.664 e. The first-order chi connectivity index (χ1) is 30.6. The second-order valence-electron chi connectivity index (χ2n) is 19.6. The number of Topliss-reactive ketones (excluding diaryl/α,β-unsaturated/α-hetero) is 1. The average Bonchev–Trinajstić information content (AvgIpc) is 3.99. The van der Waals surface area contributed by atoms with Crippen molar-refractivity contribution >= 4 is 64.6 Å². The number of hydrogen-bond donors (Lipinski definition) is 0. The van der Waals surface area contributed by atoms with Crippen LogP contribution < -0.4 is 25.7 Å². The third-order valence-corrected chi connectivity index (χ3v) is 14.5. The summed E-state index contributed by atoms with van der Waals surface area (Å²) in [7, 11) is 1.30. The smallest absolute Gasteiger partial charge is 0.664 e. The molecule has 2 aliphatic heterocycles. The molecule has 3 aromatic heterocycles. The molecule has 9 nitrogen and oxygen atoms in total. The molecule has 348 valence electrons. The fourth-order valence-corrected chi connectivity index (χ4v) is 10.3. The molecule has 3 aromatic rings. The van der Waals surface area contributed by atoms with E-state index in [2.05, 4.69) is 75.3 Å². The van der Waals surface area contributed by atoms with E-state index < -0.39 is 11.9 Å². The number of carbonyl (C=O) groups is 3. The van der Waals surface area contributed by atoms with E-state index in [0.717, 1.165) is 93.5 Å².